The Hall–Kier alpha value is -1.61. The standard InChI is InChI=1S/C17H25N3/c1-17(2,3)16(18-4)11-10-15-12-13-19-20(15)14-8-6-5-7-9-14/h5-9,12-13,16,18H,10-11H2,1-4H3. The lowest BCUT2D eigenvalue weighted by Crippen LogP contribution is -2.38. The first-order valence-electron chi connectivity index (χ1n) is 7.28. The summed E-state index contributed by atoms with van der Waals surface area (Å²) in [5.41, 5.74) is 2.66. The van der Waals surface area contributed by atoms with Gasteiger partial charge in [-0.25, -0.2) is 4.68 Å². The molecule has 0 aliphatic carbocycles. The summed E-state index contributed by atoms with van der Waals surface area (Å²) in [6, 6.07) is 12.9. The third-order valence-corrected chi connectivity index (χ3v) is 3.80. The van der Waals surface area contributed by atoms with Crippen molar-refractivity contribution < 1.29 is 0 Å². The van der Waals surface area contributed by atoms with Crippen LogP contribution >= 0.6 is 0 Å². The average molecular weight is 271 g/mol. The summed E-state index contributed by atoms with van der Waals surface area (Å²) in [4.78, 5) is 0. The molecule has 0 radical (unpaired) electrons. The quantitative estimate of drug-likeness (QED) is 0.903. The fourth-order valence-corrected chi connectivity index (χ4v) is 2.62. The molecule has 20 heavy (non-hydrogen) atoms. The van der Waals surface area contributed by atoms with E-state index in [1.807, 2.05) is 36.1 Å². The van der Waals surface area contributed by atoms with Gasteiger partial charge < -0.3 is 5.32 Å². The van der Waals surface area contributed by atoms with Crippen LogP contribution in [0, 0.1) is 5.41 Å². The molecule has 1 heterocycles. The molecule has 0 aliphatic heterocycles. The van der Waals surface area contributed by atoms with Gasteiger partial charge in [0.15, 0.2) is 0 Å². The van der Waals surface area contributed by atoms with Crippen molar-refractivity contribution in [2.75, 3.05) is 7.05 Å². The van der Waals surface area contributed by atoms with Gasteiger partial charge in [0.25, 0.3) is 0 Å². The number of nitrogens with zero attached hydrogens (tertiary/aromatic N) is 2. The highest BCUT2D eigenvalue weighted by Crippen LogP contribution is 2.23. The fraction of sp³-hybridized carbons (Fsp3) is 0.471. The van der Waals surface area contributed by atoms with Gasteiger partial charge in [0.1, 0.15) is 0 Å². The van der Waals surface area contributed by atoms with Crippen molar-refractivity contribution >= 4 is 0 Å². The molecule has 0 spiro atoms. The zero-order valence-corrected chi connectivity index (χ0v) is 12.9. The highest BCUT2D eigenvalue weighted by molar-refractivity contribution is 5.32. The third-order valence-electron chi connectivity index (χ3n) is 3.80. The maximum Gasteiger partial charge on any atom is 0.0648 e. The van der Waals surface area contributed by atoms with Crippen LogP contribution in [-0.4, -0.2) is 22.9 Å². The first-order valence-corrected chi connectivity index (χ1v) is 7.28. The van der Waals surface area contributed by atoms with E-state index in [0.717, 1.165) is 18.5 Å². The van der Waals surface area contributed by atoms with E-state index in [4.69, 9.17) is 0 Å². The second-order valence-electron chi connectivity index (χ2n) is 6.32. The number of aryl methyl sites for hydroxylation is 1. The second-order valence-corrected chi connectivity index (χ2v) is 6.32. The van der Waals surface area contributed by atoms with Crippen molar-refractivity contribution in [3.05, 3.63) is 48.3 Å². The Morgan fingerprint density at radius 1 is 1.15 bits per heavy atom. The summed E-state index contributed by atoms with van der Waals surface area (Å²) < 4.78 is 2.04. The van der Waals surface area contributed by atoms with Crippen LogP contribution in [0.3, 0.4) is 0 Å². The van der Waals surface area contributed by atoms with Gasteiger partial charge in [-0.1, -0.05) is 39.0 Å². The fourth-order valence-electron chi connectivity index (χ4n) is 2.62. The highest BCUT2D eigenvalue weighted by atomic mass is 15.3. The van der Waals surface area contributed by atoms with E-state index in [2.05, 4.69) is 49.4 Å². The van der Waals surface area contributed by atoms with Crippen molar-refractivity contribution in [2.45, 2.75) is 39.7 Å². The maximum absolute atomic E-state index is 4.45. The number of nitrogens with one attached hydrogen (secondary N) is 1. The highest BCUT2D eigenvalue weighted by Gasteiger charge is 2.22. The van der Waals surface area contributed by atoms with E-state index < -0.39 is 0 Å². The molecule has 3 heteroatoms. The minimum atomic E-state index is 0.270. The third kappa shape index (κ3) is 3.48. The normalized spacial score (nSPS) is 13.4. The first-order chi connectivity index (χ1) is 9.52. The molecule has 1 unspecified atom stereocenters. The van der Waals surface area contributed by atoms with E-state index in [9.17, 15) is 0 Å². The lowest BCUT2D eigenvalue weighted by Gasteiger charge is -2.30. The van der Waals surface area contributed by atoms with Crippen LogP contribution in [0.4, 0.5) is 0 Å². The average Bonchev–Trinajstić information content (AvgIpc) is 2.87. The van der Waals surface area contributed by atoms with Crippen LogP contribution in [-0.2, 0) is 6.42 Å². The van der Waals surface area contributed by atoms with Gasteiger partial charge >= 0.3 is 0 Å². The van der Waals surface area contributed by atoms with Gasteiger partial charge in [-0.05, 0) is 43.5 Å². The van der Waals surface area contributed by atoms with E-state index in [1.165, 1.54) is 5.69 Å². The van der Waals surface area contributed by atoms with Crippen LogP contribution < -0.4 is 5.32 Å². The molecule has 1 aromatic carbocycles. The largest absolute Gasteiger partial charge is 0.316 e. The minimum Gasteiger partial charge on any atom is -0.316 e. The number of hydrogen-bond acceptors (Lipinski definition) is 2. The Bertz CT molecular complexity index is 523. The van der Waals surface area contributed by atoms with E-state index >= 15 is 0 Å². The topological polar surface area (TPSA) is 29.9 Å². The second kappa shape index (κ2) is 6.23. The molecule has 108 valence electrons. The first kappa shape index (κ1) is 14.8. The Labute approximate surface area is 122 Å². The molecule has 2 rings (SSSR count). The van der Waals surface area contributed by atoms with Gasteiger partial charge in [0.05, 0.1) is 5.69 Å². The molecule has 0 fully saturated rings. The number of rotatable bonds is 5. The van der Waals surface area contributed by atoms with E-state index in [0.29, 0.717) is 6.04 Å². The SMILES string of the molecule is CNC(CCc1ccnn1-c1ccccc1)C(C)(C)C. The van der Waals surface area contributed by atoms with Crippen molar-refractivity contribution in [3.63, 3.8) is 0 Å². The summed E-state index contributed by atoms with van der Waals surface area (Å²) in [5.74, 6) is 0. The predicted octanol–water partition coefficient (Wildman–Crippen LogP) is 3.44. The Morgan fingerprint density at radius 2 is 1.85 bits per heavy atom. The van der Waals surface area contributed by atoms with Crippen LogP contribution in [0.1, 0.15) is 32.9 Å². The maximum atomic E-state index is 4.45. The molecule has 0 amide bonds. The number of benzene rings is 1. The van der Waals surface area contributed by atoms with Crippen LogP contribution in [0.5, 0.6) is 0 Å². The van der Waals surface area contributed by atoms with Crippen LogP contribution in [0.2, 0.25) is 0 Å². The molecule has 1 aromatic heterocycles. The summed E-state index contributed by atoms with van der Waals surface area (Å²) >= 11 is 0. The molecule has 0 bridgehead atoms. The molecular weight excluding hydrogens is 246 g/mol. The molecule has 1 N–H and O–H groups in total. The van der Waals surface area contributed by atoms with Gasteiger partial charge in [0.2, 0.25) is 0 Å². The lowest BCUT2D eigenvalue weighted by atomic mass is 9.84. The molecular formula is C17H25N3. The monoisotopic (exact) mass is 271 g/mol. The molecule has 0 saturated carbocycles. The summed E-state index contributed by atoms with van der Waals surface area (Å²) in [7, 11) is 2.05. The summed E-state index contributed by atoms with van der Waals surface area (Å²) in [6.45, 7) is 6.84. The van der Waals surface area contributed by atoms with Crippen molar-refractivity contribution in [1.29, 1.82) is 0 Å². The van der Waals surface area contributed by atoms with Gasteiger partial charge in [-0.3, -0.25) is 0 Å². The van der Waals surface area contributed by atoms with Crippen LogP contribution in [0.25, 0.3) is 5.69 Å². The summed E-state index contributed by atoms with van der Waals surface area (Å²) in [6.07, 6.45) is 4.02. The Balaban J connectivity index is 2.10. The van der Waals surface area contributed by atoms with Gasteiger partial charge in [-0.15, -0.1) is 0 Å². The number of aromatic nitrogens is 2. The van der Waals surface area contributed by atoms with Crippen molar-refractivity contribution in [3.8, 4) is 5.69 Å². The Kier molecular flexibility index (Phi) is 4.61. The number of para-hydroxylation sites is 1. The molecule has 3 nitrogen and oxygen atoms in total. The number of hydrogen-bond donors (Lipinski definition) is 1. The van der Waals surface area contributed by atoms with Gasteiger partial charge in [-0.2, -0.15) is 5.10 Å². The zero-order chi connectivity index (χ0) is 14.6. The summed E-state index contributed by atoms with van der Waals surface area (Å²) in [5, 5.41) is 7.88. The molecule has 0 aliphatic rings. The van der Waals surface area contributed by atoms with E-state index in [-0.39, 0.29) is 5.41 Å². The predicted molar refractivity (Wildman–Crippen MR) is 84.2 cm³/mol. The smallest absolute Gasteiger partial charge is 0.0648 e. The molecule has 0 saturated heterocycles. The van der Waals surface area contributed by atoms with Crippen molar-refractivity contribution in [1.82, 2.24) is 15.1 Å². The van der Waals surface area contributed by atoms with Gasteiger partial charge in [0, 0.05) is 17.9 Å². The van der Waals surface area contributed by atoms with Crippen LogP contribution in [0.15, 0.2) is 42.6 Å². The Morgan fingerprint density at radius 3 is 2.45 bits per heavy atom. The van der Waals surface area contributed by atoms with E-state index in [1.54, 1.807) is 0 Å². The zero-order valence-electron chi connectivity index (χ0n) is 12.9. The molecule has 1 atom stereocenters. The lowest BCUT2D eigenvalue weighted by molar-refractivity contribution is 0.267. The minimum absolute atomic E-state index is 0.270. The molecule has 2 aromatic rings. The van der Waals surface area contributed by atoms with Crippen molar-refractivity contribution in [2.24, 2.45) is 5.41 Å².